The molecule has 48 valence electrons. The summed E-state index contributed by atoms with van der Waals surface area (Å²) < 4.78 is 0. The van der Waals surface area contributed by atoms with E-state index in [0.29, 0.717) is 0 Å². The fourth-order valence-corrected chi connectivity index (χ4v) is 0. The van der Waals surface area contributed by atoms with E-state index < -0.39 is 5.97 Å². The van der Waals surface area contributed by atoms with Gasteiger partial charge in [0.15, 0.2) is 0 Å². The number of halogens is 3. The molecule has 0 heterocycles. The second-order valence-electron chi connectivity index (χ2n) is 0.519. The predicted molar refractivity (Wildman–Crippen MR) is 16.1 cm³/mol. The molecule has 1 N–H and O–H groups in total. The number of hydrogen-bond acceptors (Lipinski definition) is 1. The summed E-state index contributed by atoms with van der Waals surface area (Å²) >= 11 is 0. The third-order valence-electron chi connectivity index (χ3n) is 0. The number of carbonyl (C=O) groups is 1. The largest absolute Gasteiger partial charge is 1.00 e. The maximum Gasteiger partial charge on any atom is 1.00 e. The van der Waals surface area contributed by atoms with Crippen LogP contribution >= 0.6 is 0 Å². The third-order valence-corrected chi connectivity index (χ3v) is 0. The second kappa shape index (κ2) is 22.4. The van der Waals surface area contributed by atoms with Gasteiger partial charge in [-0.15, -0.1) is 0 Å². The average molecular weight is 482 g/mol. The summed E-state index contributed by atoms with van der Waals surface area (Å²) in [5.74, 6) is -0.833. The molecular formula is C2H6I3KO2. The van der Waals surface area contributed by atoms with Crippen molar-refractivity contribution in [2.45, 2.75) is 6.92 Å². The summed E-state index contributed by atoms with van der Waals surface area (Å²) in [5.41, 5.74) is 0. The summed E-state index contributed by atoms with van der Waals surface area (Å²) in [6.45, 7) is 1.08. The normalized spacial score (nSPS) is 3.12. The van der Waals surface area contributed by atoms with Gasteiger partial charge in [-0.2, -0.15) is 0 Å². The Hall–Kier alpha value is 3.30. The fraction of sp³-hybridized carbons (Fsp3) is 0.500. The smallest absolute Gasteiger partial charge is 1.00 e. The molecule has 0 aliphatic carbocycles. The zero-order valence-electron chi connectivity index (χ0n) is 4.56. The van der Waals surface area contributed by atoms with Crippen molar-refractivity contribution in [1.82, 2.24) is 0 Å². The molecule has 0 aliphatic rings. The zero-order chi connectivity index (χ0) is 3.58. The SMILES string of the molecule is CC(=O)O.[I-].[I-].[IH2+].[K+]. The van der Waals surface area contributed by atoms with Gasteiger partial charge in [-0.3, -0.25) is 4.79 Å². The van der Waals surface area contributed by atoms with Crippen molar-refractivity contribution in [3.8, 4) is 0 Å². The van der Waals surface area contributed by atoms with Crippen LogP contribution in [0.2, 0.25) is 0 Å². The Morgan fingerprint density at radius 1 is 1.38 bits per heavy atom. The molecule has 8 heavy (non-hydrogen) atoms. The monoisotopic (exact) mass is 482 g/mol. The van der Waals surface area contributed by atoms with Crippen LogP contribution in [-0.4, -0.2) is 11.1 Å². The van der Waals surface area contributed by atoms with Gasteiger partial charge in [0.2, 0.25) is 24.0 Å². The van der Waals surface area contributed by atoms with Crippen molar-refractivity contribution in [3.63, 3.8) is 0 Å². The first kappa shape index (κ1) is 30.2. The number of carboxylic acid groups (broad SMARTS) is 1. The number of carboxylic acids is 1. The van der Waals surface area contributed by atoms with Crippen molar-refractivity contribution < 1.29 is 133 Å². The molecule has 0 aromatic rings. The van der Waals surface area contributed by atoms with E-state index in [0.717, 1.165) is 6.92 Å². The molecule has 0 fully saturated rings. The minimum atomic E-state index is -0.833. The minimum Gasteiger partial charge on any atom is -1.00 e. The molecule has 2 nitrogen and oxygen atoms in total. The van der Waals surface area contributed by atoms with Crippen molar-refractivity contribution >= 4 is 5.97 Å². The molecule has 0 bridgehead atoms. The van der Waals surface area contributed by atoms with E-state index in [9.17, 15) is 0 Å². The van der Waals surface area contributed by atoms with Gasteiger partial charge in [0.25, 0.3) is 5.97 Å². The van der Waals surface area contributed by atoms with Crippen molar-refractivity contribution in [1.29, 1.82) is 0 Å². The summed E-state index contributed by atoms with van der Waals surface area (Å²) in [7, 11) is 0. The van der Waals surface area contributed by atoms with Gasteiger partial charge in [0.05, 0.1) is 0 Å². The Morgan fingerprint density at radius 2 is 1.38 bits per heavy atom. The summed E-state index contributed by atoms with van der Waals surface area (Å²) in [4.78, 5) is 9.00. The van der Waals surface area contributed by atoms with Crippen LogP contribution in [0.5, 0.6) is 0 Å². The van der Waals surface area contributed by atoms with Gasteiger partial charge >= 0.3 is 51.4 Å². The van der Waals surface area contributed by atoms with Gasteiger partial charge in [0, 0.05) is 6.92 Å². The standard InChI is InChI=1S/C2H4O2.H2I.2HI.K/c1-2(3)4;;;;/h1H3,(H,3,4);1H2;2*1H;/q;+1;;;+1/p-2. The van der Waals surface area contributed by atoms with Crippen LogP contribution in [-0.2, 0) is 4.79 Å². The Balaban J connectivity index is -0.00000000750. The van der Waals surface area contributed by atoms with Crippen molar-refractivity contribution in [2.75, 3.05) is 0 Å². The number of rotatable bonds is 0. The molecule has 0 unspecified atom stereocenters. The summed E-state index contributed by atoms with van der Waals surface area (Å²) in [6, 6.07) is 0. The Morgan fingerprint density at radius 3 is 1.38 bits per heavy atom. The van der Waals surface area contributed by atoms with Crippen LogP contribution in [0.25, 0.3) is 0 Å². The molecule has 0 saturated carbocycles. The van der Waals surface area contributed by atoms with Gasteiger partial charge < -0.3 is 53.1 Å². The van der Waals surface area contributed by atoms with E-state index in [4.69, 9.17) is 9.90 Å². The molecular weight excluding hydrogens is 476 g/mol. The predicted octanol–water partition coefficient (Wildman–Crippen LogP) is -12.4. The second-order valence-corrected chi connectivity index (χ2v) is 0.519. The first-order chi connectivity index (χ1) is 1.73. The van der Waals surface area contributed by atoms with E-state index >= 15 is 0 Å². The minimum absolute atomic E-state index is 0. The fourth-order valence-electron chi connectivity index (χ4n) is 0. The summed E-state index contributed by atoms with van der Waals surface area (Å²) in [5, 5.41) is 7.42. The first-order valence-corrected chi connectivity index (χ1v) is 0.928. The van der Waals surface area contributed by atoms with Gasteiger partial charge in [0.1, 0.15) is 0 Å². The van der Waals surface area contributed by atoms with Gasteiger partial charge in [-0.1, -0.05) is 0 Å². The Kier molecular flexibility index (Phi) is 84.8. The van der Waals surface area contributed by atoms with Gasteiger partial charge in [-0.05, 0) is 0 Å². The molecule has 0 saturated heterocycles. The molecule has 0 amide bonds. The first-order valence-electron chi connectivity index (χ1n) is 0.928. The van der Waals surface area contributed by atoms with E-state index in [-0.39, 0.29) is 123 Å². The topological polar surface area (TPSA) is 37.3 Å². The Bertz CT molecular complexity index is 38.3. The van der Waals surface area contributed by atoms with Crippen molar-refractivity contribution in [3.05, 3.63) is 0 Å². The van der Waals surface area contributed by atoms with E-state index in [1.54, 1.807) is 0 Å². The van der Waals surface area contributed by atoms with Crippen molar-refractivity contribution in [2.24, 2.45) is 0 Å². The van der Waals surface area contributed by atoms with Crippen LogP contribution in [0, 0.1) is 0 Å². The number of hydrogen-bond donors (Lipinski definition) is 1. The zero-order valence-corrected chi connectivity index (χ0v) is 14.5. The van der Waals surface area contributed by atoms with E-state index in [1.165, 1.54) is 0 Å². The molecule has 0 atom stereocenters. The van der Waals surface area contributed by atoms with Crippen LogP contribution in [0.15, 0.2) is 0 Å². The van der Waals surface area contributed by atoms with E-state index in [1.807, 2.05) is 0 Å². The average Bonchev–Trinajstić information content (AvgIpc) is 0.811. The molecule has 0 radical (unpaired) electrons. The van der Waals surface area contributed by atoms with Crippen LogP contribution in [0.4, 0.5) is 0 Å². The molecule has 0 aliphatic heterocycles. The Labute approximate surface area is 142 Å². The third kappa shape index (κ3) is 58.9. The molecule has 0 spiro atoms. The molecule has 0 aromatic heterocycles. The van der Waals surface area contributed by atoms with Crippen LogP contribution < -0.4 is 123 Å². The molecule has 6 heteroatoms. The van der Waals surface area contributed by atoms with Gasteiger partial charge in [-0.25, -0.2) is 0 Å². The van der Waals surface area contributed by atoms with Crippen LogP contribution in [0.3, 0.4) is 0 Å². The van der Waals surface area contributed by atoms with E-state index in [2.05, 4.69) is 0 Å². The maximum absolute atomic E-state index is 9.00. The maximum atomic E-state index is 9.00. The molecule has 0 rings (SSSR count). The van der Waals surface area contributed by atoms with Crippen LogP contribution in [0.1, 0.15) is 6.92 Å². The molecule has 0 aromatic carbocycles. The number of aliphatic carboxylic acids is 1. The quantitative estimate of drug-likeness (QED) is 0.276. The summed E-state index contributed by atoms with van der Waals surface area (Å²) in [6.07, 6.45) is 0.